The van der Waals surface area contributed by atoms with Crippen molar-refractivity contribution in [2.75, 3.05) is 19.8 Å². The summed E-state index contributed by atoms with van der Waals surface area (Å²) in [5.74, 6) is -0.00301. The predicted octanol–water partition coefficient (Wildman–Crippen LogP) is 2.06. The molecule has 1 saturated heterocycles. The van der Waals surface area contributed by atoms with Crippen LogP contribution in [-0.2, 0) is 4.74 Å². The van der Waals surface area contributed by atoms with Gasteiger partial charge in [-0.15, -0.1) is 0 Å². The fourth-order valence-corrected chi connectivity index (χ4v) is 2.99. The van der Waals surface area contributed by atoms with Crippen LogP contribution in [0.1, 0.15) is 28.9 Å². The first-order valence-corrected chi connectivity index (χ1v) is 8.05. The van der Waals surface area contributed by atoms with Gasteiger partial charge in [-0.05, 0) is 37.8 Å². The van der Waals surface area contributed by atoms with Crippen molar-refractivity contribution in [2.24, 2.45) is 5.92 Å². The Labute approximate surface area is 135 Å². The molecule has 0 saturated carbocycles. The van der Waals surface area contributed by atoms with E-state index in [0.717, 1.165) is 23.9 Å². The number of hydrogen-bond acceptors (Lipinski definition) is 4. The number of aliphatic hydroxyl groups is 1. The van der Waals surface area contributed by atoms with E-state index in [1.807, 2.05) is 31.2 Å². The summed E-state index contributed by atoms with van der Waals surface area (Å²) in [5.41, 5.74) is 2.12. The first-order valence-electron chi connectivity index (χ1n) is 8.05. The van der Waals surface area contributed by atoms with Gasteiger partial charge in [0, 0.05) is 30.8 Å². The number of hydrogen-bond donors (Lipinski definition) is 2. The summed E-state index contributed by atoms with van der Waals surface area (Å²) in [5, 5.41) is 14.0. The van der Waals surface area contributed by atoms with E-state index in [0.29, 0.717) is 24.3 Å². The molecule has 1 amide bonds. The number of benzene rings is 1. The molecule has 1 aromatic carbocycles. The number of nitrogens with zero attached hydrogens (tertiary/aromatic N) is 1. The van der Waals surface area contributed by atoms with Crippen molar-refractivity contribution in [2.45, 2.75) is 25.9 Å². The van der Waals surface area contributed by atoms with Gasteiger partial charge in [-0.2, -0.15) is 0 Å². The van der Waals surface area contributed by atoms with Gasteiger partial charge in [0.05, 0.1) is 17.2 Å². The maximum absolute atomic E-state index is 12.5. The van der Waals surface area contributed by atoms with Crippen LogP contribution in [0.2, 0.25) is 0 Å². The topological polar surface area (TPSA) is 71.5 Å². The van der Waals surface area contributed by atoms with Gasteiger partial charge >= 0.3 is 0 Å². The molecule has 23 heavy (non-hydrogen) atoms. The van der Waals surface area contributed by atoms with Crippen LogP contribution in [0.15, 0.2) is 30.3 Å². The molecule has 1 atom stereocenters. The van der Waals surface area contributed by atoms with E-state index in [4.69, 9.17) is 4.74 Å². The van der Waals surface area contributed by atoms with Crippen LogP contribution < -0.4 is 5.32 Å². The van der Waals surface area contributed by atoms with Gasteiger partial charge in [0.15, 0.2) is 0 Å². The lowest BCUT2D eigenvalue weighted by Gasteiger charge is -2.26. The third kappa shape index (κ3) is 3.68. The highest BCUT2D eigenvalue weighted by molar-refractivity contribution is 6.05. The van der Waals surface area contributed by atoms with Gasteiger partial charge in [0.2, 0.25) is 0 Å². The van der Waals surface area contributed by atoms with Gasteiger partial charge in [0.1, 0.15) is 0 Å². The minimum atomic E-state index is -0.535. The maximum Gasteiger partial charge on any atom is 0.253 e. The van der Waals surface area contributed by atoms with Gasteiger partial charge in [-0.25, -0.2) is 0 Å². The highest BCUT2D eigenvalue weighted by atomic mass is 16.5. The molecule has 0 spiro atoms. The van der Waals surface area contributed by atoms with Crippen LogP contribution in [0.5, 0.6) is 0 Å². The van der Waals surface area contributed by atoms with Gasteiger partial charge < -0.3 is 15.2 Å². The van der Waals surface area contributed by atoms with E-state index in [9.17, 15) is 9.90 Å². The first-order chi connectivity index (χ1) is 11.1. The summed E-state index contributed by atoms with van der Waals surface area (Å²) >= 11 is 0. The number of carbonyl (C=O) groups is 1. The molecule has 5 heteroatoms. The number of para-hydroxylation sites is 1. The lowest BCUT2D eigenvalue weighted by Crippen LogP contribution is -2.38. The zero-order valence-electron chi connectivity index (χ0n) is 13.3. The molecule has 2 heterocycles. The lowest BCUT2D eigenvalue weighted by atomic mass is 9.94. The van der Waals surface area contributed by atoms with Gasteiger partial charge in [0.25, 0.3) is 5.91 Å². The molecule has 0 bridgehead atoms. The summed E-state index contributed by atoms with van der Waals surface area (Å²) in [6.45, 7) is 3.53. The molecule has 2 aromatic rings. The minimum Gasteiger partial charge on any atom is -0.391 e. The van der Waals surface area contributed by atoms with Crippen LogP contribution in [0, 0.1) is 12.8 Å². The molecule has 3 rings (SSSR count). The number of nitrogens with one attached hydrogen (secondary N) is 1. The number of rotatable bonds is 4. The second-order valence-corrected chi connectivity index (χ2v) is 6.06. The van der Waals surface area contributed by atoms with E-state index in [1.54, 1.807) is 6.07 Å². The molecular formula is C18H22N2O3. The smallest absolute Gasteiger partial charge is 0.253 e. The molecule has 0 radical (unpaired) electrons. The maximum atomic E-state index is 12.5. The van der Waals surface area contributed by atoms with Crippen molar-refractivity contribution in [3.63, 3.8) is 0 Å². The largest absolute Gasteiger partial charge is 0.391 e. The molecular weight excluding hydrogens is 292 g/mol. The highest BCUT2D eigenvalue weighted by Gasteiger charge is 2.23. The molecule has 2 N–H and O–H groups in total. The third-order valence-electron chi connectivity index (χ3n) is 4.39. The average molecular weight is 314 g/mol. The molecule has 122 valence electrons. The van der Waals surface area contributed by atoms with Gasteiger partial charge in [-0.3, -0.25) is 9.78 Å². The van der Waals surface area contributed by atoms with Crippen molar-refractivity contribution in [1.29, 1.82) is 0 Å². The van der Waals surface area contributed by atoms with Gasteiger partial charge in [-0.1, -0.05) is 18.2 Å². The quantitative estimate of drug-likeness (QED) is 0.906. The number of amides is 1. The number of pyridine rings is 1. The van der Waals surface area contributed by atoms with Crippen LogP contribution >= 0.6 is 0 Å². The van der Waals surface area contributed by atoms with E-state index in [1.165, 1.54) is 0 Å². The Morgan fingerprint density at radius 3 is 2.91 bits per heavy atom. The number of carbonyl (C=O) groups excluding carboxylic acids is 1. The lowest BCUT2D eigenvalue weighted by molar-refractivity contribution is 0.00873. The van der Waals surface area contributed by atoms with E-state index in [-0.39, 0.29) is 18.4 Å². The molecule has 1 aromatic heterocycles. The molecule has 5 nitrogen and oxygen atoms in total. The number of fused-ring (bicyclic) bond motifs is 1. The summed E-state index contributed by atoms with van der Waals surface area (Å²) in [7, 11) is 0. The third-order valence-corrected chi connectivity index (χ3v) is 4.39. The van der Waals surface area contributed by atoms with Crippen LogP contribution in [-0.4, -0.2) is 41.9 Å². The zero-order chi connectivity index (χ0) is 16.2. The Morgan fingerprint density at radius 2 is 2.13 bits per heavy atom. The first kappa shape index (κ1) is 15.9. The van der Waals surface area contributed by atoms with Crippen LogP contribution in [0.4, 0.5) is 0 Å². The molecule has 0 unspecified atom stereocenters. The predicted molar refractivity (Wildman–Crippen MR) is 88.4 cm³/mol. The summed E-state index contributed by atoms with van der Waals surface area (Å²) < 4.78 is 5.30. The zero-order valence-corrected chi connectivity index (χ0v) is 13.3. The minimum absolute atomic E-state index is 0.192. The summed E-state index contributed by atoms with van der Waals surface area (Å²) in [4.78, 5) is 16.9. The van der Waals surface area contributed by atoms with Crippen LogP contribution in [0.3, 0.4) is 0 Å². The molecule has 1 aliphatic heterocycles. The van der Waals surface area contributed by atoms with E-state index in [2.05, 4.69) is 10.3 Å². The van der Waals surface area contributed by atoms with Crippen molar-refractivity contribution < 1.29 is 14.6 Å². The Balaban J connectivity index is 1.69. The SMILES string of the molecule is Cc1ccc2cccc(C(=O)NC[C@@H](O)C3CCOCC3)c2n1. The normalized spacial score (nSPS) is 17.1. The Bertz CT molecular complexity index is 696. The summed E-state index contributed by atoms with van der Waals surface area (Å²) in [6, 6.07) is 9.45. The second kappa shape index (κ2) is 7.06. The Morgan fingerprint density at radius 1 is 1.35 bits per heavy atom. The Kier molecular flexibility index (Phi) is 4.88. The number of aryl methyl sites for hydroxylation is 1. The fraction of sp³-hybridized carbons (Fsp3) is 0.444. The monoisotopic (exact) mass is 314 g/mol. The number of ether oxygens (including phenoxy) is 1. The van der Waals surface area contributed by atoms with Crippen molar-refractivity contribution in [3.05, 3.63) is 41.6 Å². The number of aromatic nitrogens is 1. The second-order valence-electron chi connectivity index (χ2n) is 6.06. The van der Waals surface area contributed by atoms with Crippen molar-refractivity contribution in [3.8, 4) is 0 Å². The summed E-state index contributed by atoms with van der Waals surface area (Å²) in [6.07, 6.45) is 1.14. The Hall–Kier alpha value is -1.98. The number of aliphatic hydroxyl groups excluding tert-OH is 1. The molecule has 0 aliphatic carbocycles. The van der Waals surface area contributed by atoms with E-state index < -0.39 is 6.10 Å². The molecule has 1 fully saturated rings. The van der Waals surface area contributed by atoms with Crippen molar-refractivity contribution in [1.82, 2.24) is 10.3 Å². The molecule has 1 aliphatic rings. The average Bonchev–Trinajstić information content (AvgIpc) is 2.59. The fourth-order valence-electron chi connectivity index (χ4n) is 2.99. The highest BCUT2D eigenvalue weighted by Crippen LogP contribution is 2.19. The van der Waals surface area contributed by atoms with Crippen molar-refractivity contribution >= 4 is 16.8 Å². The van der Waals surface area contributed by atoms with Crippen LogP contribution in [0.25, 0.3) is 10.9 Å². The van der Waals surface area contributed by atoms with E-state index >= 15 is 0 Å². The standard InChI is InChI=1S/C18H22N2O3/c1-12-5-6-14-3-2-4-15(17(14)20-12)18(22)19-11-16(21)13-7-9-23-10-8-13/h2-6,13,16,21H,7-11H2,1H3,(H,19,22)/t16-/m1/s1.